The van der Waals surface area contributed by atoms with Crippen molar-refractivity contribution in [1.29, 1.82) is 0 Å². The number of amidine groups is 1. The van der Waals surface area contributed by atoms with Crippen molar-refractivity contribution in [3.05, 3.63) is 61.9 Å². The van der Waals surface area contributed by atoms with E-state index in [2.05, 4.69) is 36.4 Å². The first-order valence-corrected chi connectivity index (χ1v) is 13.7. The fourth-order valence-corrected chi connectivity index (χ4v) is 5.46. The van der Waals surface area contributed by atoms with Crippen LogP contribution in [-0.4, -0.2) is 73.6 Å². The summed E-state index contributed by atoms with van der Waals surface area (Å²) in [5.74, 6) is -0.382. The van der Waals surface area contributed by atoms with E-state index in [1.807, 2.05) is 5.38 Å². The lowest BCUT2D eigenvalue weighted by Gasteiger charge is -2.35. The summed E-state index contributed by atoms with van der Waals surface area (Å²) in [6.45, 7) is 4.14. The molecule has 2 aliphatic heterocycles. The molecule has 0 aliphatic carbocycles. The summed E-state index contributed by atoms with van der Waals surface area (Å²) in [7, 11) is 1.62. The van der Waals surface area contributed by atoms with Crippen molar-refractivity contribution >= 4 is 45.0 Å². The maximum Gasteiger partial charge on any atom is 0.338 e. The second kappa shape index (κ2) is 12.7. The first-order chi connectivity index (χ1) is 17.9. The van der Waals surface area contributed by atoms with Crippen LogP contribution in [0, 0.1) is 5.82 Å². The van der Waals surface area contributed by atoms with Crippen LogP contribution in [0.4, 0.5) is 4.39 Å². The van der Waals surface area contributed by atoms with Crippen LogP contribution in [0.1, 0.15) is 36.4 Å². The highest BCUT2D eigenvalue weighted by Gasteiger charge is 2.35. The molecule has 1 saturated heterocycles. The third-order valence-electron chi connectivity index (χ3n) is 6.09. The van der Waals surface area contributed by atoms with Crippen LogP contribution in [0.3, 0.4) is 0 Å². The number of halogens is 2. The zero-order valence-electron chi connectivity index (χ0n) is 20.6. The number of ether oxygens (including phenoxy) is 2. The summed E-state index contributed by atoms with van der Waals surface area (Å²) in [6, 6.07) is 3.60. The number of thiazole rings is 1. The number of hydrogen-bond acceptors (Lipinski definition) is 9. The van der Waals surface area contributed by atoms with Crippen LogP contribution in [0.2, 0.25) is 0 Å². The lowest BCUT2D eigenvalue weighted by molar-refractivity contribution is -0.139. The molecule has 2 aromatic rings. The molecule has 198 valence electrons. The number of nitrogens with one attached hydrogen (secondary N) is 2. The number of hydrogen-bond donors (Lipinski definition) is 2. The third-order valence-corrected chi connectivity index (χ3v) is 7.56. The van der Waals surface area contributed by atoms with E-state index < -0.39 is 17.8 Å². The Labute approximate surface area is 227 Å². The molecule has 9 nitrogen and oxygen atoms in total. The van der Waals surface area contributed by atoms with Gasteiger partial charge < -0.3 is 20.1 Å². The highest BCUT2D eigenvalue weighted by molar-refractivity contribution is 9.10. The summed E-state index contributed by atoms with van der Waals surface area (Å²) in [6.07, 6.45) is 2.57. The van der Waals surface area contributed by atoms with Gasteiger partial charge in [0.1, 0.15) is 11.9 Å². The van der Waals surface area contributed by atoms with Gasteiger partial charge in [-0.15, -0.1) is 11.3 Å². The van der Waals surface area contributed by atoms with Gasteiger partial charge in [0.2, 0.25) is 5.91 Å². The van der Waals surface area contributed by atoms with Gasteiger partial charge in [-0.25, -0.2) is 14.2 Å². The van der Waals surface area contributed by atoms with E-state index in [9.17, 15) is 14.0 Å². The largest absolute Gasteiger partial charge is 0.463 e. The number of benzene rings is 1. The standard InChI is InChI=1S/C25H29BrFN5O4S/c1-3-35-25(34)21-19(14-32-9-10-36-16(13-32)5-7-20(33)28-2)30-23(24-29-8-11-37-24)31-22(21)17-6-4-15(27)12-18(17)26/h4,6,8,11-12,16,22H,3,5,7,9-10,13-14H2,1-2H3,(H,28,33)(H,30,31). The molecule has 3 heterocycles. The normalized spacial score (nSPS) is 20.3. The van der Waals surface area contributed by atoms with E-state index in [1.165, 1.54) is 23.5 Å². The summed E-state index contributed by atoms with van der Waals surface area (Å²) >= 11 is 4.88. The summed E-state index contributed by atoms with van der Waals surface area (Å²) in [4.78, 5) is 36.4. The molecule has 4 rings (SSSR count). The third kappa shape index (κ3) is 6.81. The van der Waals surface area contributed by atoms with Crippen molar-refractivity contribution in [2.45, 2.75) is 31.9 Å². The highest BCUT2D eigenvalue weighted by atomic mass is 79.9. The van der Waals surface area contributed by atoms with Crippen molar-refractivity contribution in [3.8, 4) is 0 Å². The van der Waals surface area contributed by atoms with E-state index in [4.69, 9.17) is 14.5 Å². The van der Waals surface area contributed by atoms with Crippen LogP contribution in [0.25, 0.3) is 0 Å². The van der Waals surface area contributed by atoms with Crippen LogP contribution in [0.15, 0.2) is 50.5 Å². The van der Waals surface area contributed by atoms with E-state index >= 15 is 0 Å². The van der Waals surface area contributed by atoms with E-state index in [-0.39, 0.29) is 18.6 Å². The van der Waals surface area contributed by atoms with Crippen molar-refractivity contribution in [1.82, 2.24) is 20.5 Å². The lowest BCUT2D eigenvalue weighted by atomic mass is 9.95. The second-order valence-electron chi connectivity index (χ2n) is 8.56. The number of nitrogens with zero attached hydrogens (tertiary/aromatic N) is 3. The number of morpholine rings is 1. The molecular weight excluding hydrogens is 565 g/mol. The monoisotopic (exact) mass is 593 g/mol. The van der Waals surface area contributed by atoms with Crippen LogP contribution in [-0.2, 0) is 19.1 Å². The van der Waals surface area contributed by atoms with Gasteiger partial charge in [0, 0.05) is 54.8 Å². The number of carbonyl (C=O) groups is 2. The number of carbonyl (C=O) groups excluding carboxylic acids is 2. The van der Waals surface area contributed by atoms with Crippen LogP contribution < -0.4 is 10.6 Å². The maximum atomic E-state index is 13.9. The molecule has 2 atom stereocenters. The zero-order valence-corrected chi connectivity index (χ0v) is 23.0. The lowest BCUT2D eigenvalue weighted by Crippen LogP contribution is -2.46. The molecule has 0 radical (unpaired) electrons. The van der Waals surface area contributed by atoms with E-state index in [1.54, 1.807) is 26.2 Å². The minimum atomic E-state index is -0.728. The van der Waals surface area contributed by atoms with Gasteiger partial charge >= 0.3 is 5.97 Å². The molecule has 37 heavy (non-hydrogen) atoms. The smallest absolute Gasteiger partial charge is 0.338 e. The Kier molecular flexibility index (Phi) is 9.41. The Hall–Kier alpha value is -2.67. The predicted molar refractivity (Wildman–Crippen MR) is 142 cm³/mol. The van der Waals surface area contributed by atoms with Crippen LogP contribution >= 0.6 is 27.3 Å². The Bertz CT molecular complexity index is 1190. The Morgan fingerprint density at radius 3 is 2.95 bits per heavy atom. The number of rotatable bonds is 9. The number of amides is 1. The van der Waals surface area contributed by atoms with Crippen LogP contribution in [0.5, 0.6) is 0 Å². The molecule has 0 bridgehead atoms. The number of esters is 1. The number of aromatic nitrogens is 1. The molecule has 2 N–H and O–H groups in total. The van der Waals surface area contributed by atoms with Crippen molar-refractivity contribution < 1.29 is 23.5 Å². The maximum absolute atomic E-state index is 13.9. The Morgan fingerprint density at radius 2 is 2.24 bits per heavy atom. The minimum absolute atomic E-state index is 0.0287. The molecule has 1 fully saturated rings. The average Bonchev–Trinajstić information content (AvgIpc) is 3.42. The van der Waals surface area contributed by atoms with Gasteiger partial charge in [-0.05, 0) is 31.0 Å². The first-order valence-electron chi connectivity index (χ1n) is 12.0. The zero-order chi connectivity index (χ0) is 26.4. The van der Waals surface area contributed by atoms with Crippen molar-refractivity contribution in [2.75, 3.05) is 39.9 Å². The fourth-order valence-electron chi connectivity index (χ4n) is 4.31. The topological polar surface area (TPSA) is 105 Å². The Balaban J connectivity index is 1.69. The van der Waals surface area contributed by atoms with E-state index in [0.29, 0.717) is 71.2 Å². The van der Waals surface area contributed by atoms with Crippen molar-refractivity contribution in [3.63, 3.8) is 0 Å². The summed E-state index contributed by atoms with van der Waals surface area (Å²) in [5.41, 5.74) is 1.65. The average molecular weight is 595 g/mol. The van der Waals surface area contributed by atoms with Gasteiger partial charge in [0.05, 0.1) is 24.9 Å². The highest BCUT2D eigenvalue weighted by Crippen LogP contribution is 2.37. The van der Waals surface area contributed by atoms with Gasteiger partial charge in [0.25, 0.3) is 0 Å². The molecule has 2 aliphatic rings. The SMILES string of the molecule is CCOC(=O)C1=C(CN2CCOC(CCC(=O)NC)C2)NC(c2nccs2)=NC1c1ccc(F)cc1Br. The summed E-state index contributed by atoms with van der Waals surface area (Å²) < 4.78 is 25.7. The van der Waals surface area contributed by atoms with Crippen molar-refractivity contribution in [2.24, 2.45) is 4.99 Å². The first kappa shape index (κ1) is 27.4. The van der Waals surface area contributed by atoms with E-state index in [0.717, 1.165) is 0 Å². The molecular formula is C25H29BrFN5O4S. The minimum Gasteiger partial charge on any atom is -0.463 e. The molecule has 1 aromatic carbocycles. The predicted octanol–water partition coefficient (Wildman–Crippen LogP) is 3.18. The molecule has 1 aromatic heterocycles. The number of aliphatic imine (C=N–C) groups is 1. The van der Waals surface area contributed by atoms with Gasteiger partial charge in [-0.2, -0.15) is 0 Å². The van der Waals surface area contributed by atoms with Gasteiger partial charge in [-0.1, -0.05) is 22.0 Å². The summed E-state index contributed by atoms with van der Waals surface area (Å²) in [5, 5.41) is 8.50. The molecule has 2 unspecified atom stereocenters. The molecule has 0 saturated carbocycles. The molecule has 0 spiro atoms. The Morgan fingerprint density at radius 1 is 1.41 bits per heavy atom. The fraction of sp³-hybridized carbons (Fsp3) is 0.440. The van der Waals surface area contributed by atoms with Gasteiger partial charge in [0.15, 0.2) is 10.8 Å². The van der Waals surface area contributed by atoms with Gasteiger partial charge in [-0.3, -0.25) is 14.7 Å². The quantitative estimate of drug-likeness (QED) is 0.430. The molecule has 12 heteroatoms. The second-order valence-corrected chi connectivity index (χ2v) is 10.3. The molecule has 1 amide bonds.